The molecule has 0 spiro atoms. The Kier molecular flexibility index (Phi) is 6.46. The summed E-state index contributed by atoms with van der Waals surface area (Å²) in [4.78, 5) is 12.7. The van der Waals surface area contributed by atoms with E-state index < -0.39 is 10.0 Å². The molecule has 1 heterocycles. The highest BCUT2D eigenvalue weighted by Crippen LogP contribution is 2.25. The standard InChI is InChI=1S/C18H28N2O4S/c1-13(2)14(3)19-18(21)15-6-5-11-20(12-15)25(22,23)17-9-7-16(24-4)8-10-17/h7-10,13-15H,5-6,11-12H2,1-4H3,(H,19,21)/t14-,15+/m0/s1. The van der Waals surface area contributed by atoms with Gasteiger partial charge in [-0.05, 0) is 49.9 Å². The number of rotatable bonds is 6. The minimum Gasteiger partial charge on any atom is -0.497 e. The molecule has 1 aromatic rings. The molecule has 6 nitrogen and oxygen atoms in total. The quantitative estimate of drug-likeness (QED) is 0.836. The summed E-state index contributed by atoms with van der Waals surface area (Å²) in [5.41, 5.74) is 0. The van der Waals surface area contributed by atoms with Crippen molar-refractivity contribution >= 4 is 15.9 Å². The maximum Gasteiger partial charge on any atom is 0.243 e. The molecule has 140 valence electrons. The second-order valence-corrected chi connectivity index (χ2v) is 8.86. The molecule has 0 radical (unpaired) electrons. The van der Waals surface area contributed by atoms with E-state index in [2.05, 4.69) is 5.32 Å². The number of ether oxygens (including phenoxy) is 1. The number of amides is 1. The largest absolute Gasteiger partial charge is 0.497 e. The van der Waals surface area contributed by atoms with Crippen molar-refractivity contribution in [2.24, 2.45) is 11.8 Å². The number of carbonyl (C=O) groups excluding carboxylic acids is 1. The van der Waals surface area contributed by atoms with Crippen LogP contribution in [-0.2, 0) is 14.8 Å². The number of carbonyl (C=O) groups is 1. The Morgan fingerprint density at radius 3 is 2.44 bits per heavy atom. The summed E-state index contributed by atoms with van der Waals surface area (Å²) in [5.74, 6) is 0.586. The third-order valence-corrected chi connectivity index (χ3v) is 6.70. The first-order valence-corrected chi connectivity index (χ1v) is 10.1. The molecular weight excluding hydrogens is 340 g/mol. The zero-order valence-electron chi connectivity index (χ0n) is 15.4. The normalized spacial score (nSPS) is 20.3. The Labute approximate surface area is 150 Å². The minimum absolute atomic E-state index is 0.0594. The molecule has 1 fully saturated rings. The predicted molar refractivity (Wildman–Crippen MR) is 96.9 cm³/mol. The first-order chi connectivity index (χ1) is 11.8. The molecule has 2 atom stereocenters. The molecule has 1 amide bonds. The summed E-state index contributed by atoms with van der Waals surface area (Å²) in [6.07, 6.45) is 1.40. The van der Waals surface area contributed by atoms with Crippen molar-refractivity contribution in [2.75, 3.05) is 20.2 Å². The monoisotopic (exact) mass is 368 g/mol. The highest BCUT2D eigenvalue weighted by Gasteiger charge is 2.33. The predicted octanol–water partition coefficient (Wildman–Crippen LogP) is 2.26. The van der Waals surface area contributed by atoms with Crippen LogP contribution >= 0.6 is 0 Å². The fourth-order valence-electron chi connectivity index (χ4n) is 2.78. The van der Waals surface area contributed by atoms with Crippen molar-refractivity contribution in [1.82, 2.24) is 9.62 Å². The summed E-state index contributed by atoms with van der Waals surface area (Å²) in [5, 5.41) is 3.00. The number of piperidine rings is 1. The van der Waals surface area contributed by atoms with Crippen LogP contribution < -0.4 is 10.1 Å². The molecule has 2 rings (SSSR count). The van der Waals surface area contributed by atoms with Crippen LogP contribution in [0.2, 0.25) is 0 Å². The lowest BCUT2D eigenvalue weighted by Gasteiger charge is -2.32. The van der Waals surface area contributed by atoms with Gasteiger partial charge in [-0.2, -0.15) is 4.31 Å². The number of sulfonamides is 1. The van der Waals surface area contributed by atoms with Crippen LogP contribution in [0.4, 0.5) is 0 Å². The van der Waals surface area contributed by atoms with Crippen LogP contribution in [0.3, 0.4) is 0 Å². The van der Waals surface area contributed by atoms with Crippen molar-refractivity contribution in [2.45, 2.75) is 44.6 Å². The topological polar surface area (TPSA) is 75.7 Å². The highest BCUT2D eigenvalue weighted by atomic mass is 32.2. The number of benzene rings is 1. The Hall–Kier alpha value is -1.60. The van der Waals surface area contributed by atoms with E-state index in [0.717, 1.165) is 0 Å². The average Bonchev–Trinajstić information content (AvgIpc) is 2.61. The Morgan fingerprint density at radius 2 is 1.88 bits per heavy atom. The molecule has 0 saturated carbocycles. The maximum absolute atomic E-state index is 12.8. The fraction of sp³-hybridized carbons (Fsp3) is 0.611. The van der Waals surface area contributed by atoms with Gasteiger partial charge in [0.25, 0.3) is 0 Å². The lowest BCUT2D eigenvalue weighted by atomic mass is 9.97. The molecule has 0 aromatic heterocycles. The minimum atomic E-state index is -3.60. The van der Waals surface area contributed by atoms with E-state index in [1.807, 2.05) is 20.8 Å². The van der Waals surface area contributed by atoms with Gasteiger partial charge in [-0.15, -0.1) is 0 Å². The van der Waals surface area contributed by atoms with Gasteiger partial charge in [0.05, 0.1) is 17.9 Å². The van der Waals surface area contributed by atoms with Gasteiger partial charge in [0.1, 0.15) is 5.75 Å². The van der Waals surface area contributed by atoms with Crippen LogP contribution in [-0.4, -0.2) is 44.9 Å². The summed E-state index contributed by atoms with van der Waals surface area (Å²) in [6.45, 7) is 6.73. The molecule has 25 heavy (non-hydrogen) atoms. The first-order valence-electron chi connectivity index (χ1n) is 8.70. The van der Waals surface area contributed by atoms with Crippen molar-refractivity contribution in [3.05, 3.63) is 24.3 Å². The Morgan fingerprint density at radius 1 is 1.24 bits per heavy atom. The van der Waals surface area contributed by atoms with Gasteiger partial charge in [-0.1, -0.05) is 13.8 Å². The van der Waals surface area contributed by atoms with Gasteiger partial charge >= 0.3 is 0 Å². The molecule has 1 saturated heterocycles. The van der Waals surface area contributed by atoms with E-state index in [1.54, 1.807) is 24.3 Å². The summed E-state index contributed by atoms with van der Waals surface area (Å²) >= 11 is 0. The molecule has 1 aromatic carbocycles. The summed E-state index contributed by atoms with van der Waals surface area (Å²) in [6, 6.07) is 6.41. The number of hydrogen-bond donors (Lipinski definition) is 1. The number of hydrogen-bond acceptors (Lipinski definition) is 4. The zero-order valence-corrected chi connectivity index (χ0v) is 16.2. The van der Waals surface area contributed by atoms with Crippen LogP contribution in [0, 0.1) is 11.8 Å². The maximum atomic E-state index is 12.8. The average molecular weight is 368 g/mol. The molecule has 0 unspecified atom stereocenters. The second kappa shape index (κ2) is 8.19. The lowest BCUT2D eigenvalue weighted by molar-refractivity contribution is -0.127. The van der Waals surface area contributed by atoms with Crippen LogP contribution in [0.5, 0.6) is 5.75 Å². The second-order valence-electron chi connectivity index (χ2n) is 6.92. The number of nitrogens with one attached hydrogen (secondary N) is 1. The van der Waals surface area contributed by atoms with E-state index in [0.29, 0.717) is 31.1 Å². The summed E-state index contributed by atoms with van der Waals surface area (Å²) < 4.78 is 32.2. The third kappa shape index (κ3) is 4.73. The lowest BCUT2D eigenvalue weighted by Crippen LogP contribution is -2.47. The number of nitrogens with zero attached hydrogens (tertiary/aromatic N) is 1. The van der Waals surface area contributed by atoms with E-state index in [4.69, 9.17) is 4.74 Å². The van der Waals surface area contributed by atoms with Gasteiger partial charge in [-0.25, -0.2) is 8.42 Å². The van der Waals surface area contributed by atoms with E-state index >= 15 is 0 Å². The van der Waals surface area contributed by atoms with Gasteiger partial charge < -0.3 is 10.1 Å². The number of methoxy groups -OCH3 is 1. The van der Waals surface area contributed by atoms with E-state index in [1.165, 1.54) is 11.4 Å². The molecular formula is C18H28N2O4S. The molecule has 1 N–H and O–H groups in total. The Bertz CT molecular complexity index is 686. The molecule has 0 bridgehead atoms. The summed E-state index contributed by atoms with van der Waals surface area (Å²) in [7, 11) is -2.06. The van der Waals surface area contributed by atoms with Crippen LogP contribution in [0.15, 0.2) is 29.2 Å². The third-order valence-electron chi connectivity index (χ3n) is 4.82. The molecule has 0 aliphatic carbocycles. The van der Waals surface area contributed by atoms with Crippen molar-refractivity contribution in [3.63, 3.8) is 0 Å². The van der Waals surface area contributed by atoms with Crippen molar-refractivity contribution < 1.29 is 17.9 Å². The van der Waals surface area contributed by atoms with Gasteiger partial charge in [-0.3, -0.25) is 4.79 Å². The fourth-order valence-corrected chi connectivity index (χ4v) is 4.30. The molecule has 1 aliphatic rings. The van der Waals surface area contributed by atoms with Gasteiger partial charge in [0.15, 0.2) is 0 Å². The smallest absolute Gasteiger partial charge is 0.243 e. The zero-order chi connectivity index (χ0) is 18.6. The van der Waals surface area contributed by atoms with E-state index in [9.17, 15) is 13.2 Å². The first kappa shape index (κ1) is 19.7. The Balaban J connectivity index is 2.09. The van der Waals surface area contributed by atoms with Crippen LogP contribution in [0.25, 0.3) is 0 Å². The molecule has 7 heteroatoms. The van der Waals surface area contributed by atoms with Gasteiger partial charge in [0, 0.05) is 19.1 Å². The van der Waals surface area contributed by atoms with Crippen molar-refractivity contribution in [3.8, 4) is 5.75 Å². The van der Waals surface area contributed by atoms with Crippen molar-refractivity contribution in [1.29, 1.82) is 0 Å². The van der Waals surface area contributed by atoms with Gasteiger partial charge in [0.2, 0.25) is 15.9 Å². The van der Waals surface area contributed by atoms with E-state index in [-0.39, 0.29) is 29.3 Å². The molecule has 1 aliphatic heterocycles. The highest BCUT2D eigenvalue weighted by molar-refractivity contribution is 7.89. The van der Waals surface area contributed by atoms with Crippen LogP contribution in [0.1, 0.15) is 33.6 Å². The SMILES string of the molecule is COc1ccc(S(=O)(=O)N2CCC[C@@H](C(=O)N[C@@H](C)C(C)C)C2)cc1.